The van der Waals surface area contributed by atoms with Gasteiger partial charge in [0.15, 0.2) is 5.01 Å². The molecule has 0 spiro atoms. The number of nitrogens with one attached hydrogen (secondary N) is 2. The summed E-state index contributed by atoms with van der Waals surface area (Å²) in [7, 11) is 0. The number of thiazole rings is 1. The number of imide groups is 1. The SMILES string of the molecule is O=C1NC(=O)N(c2ccc3nc[nH]c3c2)C1c1ccc(-c2cnc(C(F)(F)F)s2)cc1. The largest absolute Gasteiger partial charge is 0.443 e. The van der Waals surface area contributed by atoms with Crippen molar-refractivity contribution >= 4 is 40.0 Å². The Hall–Kier alpha value is -3.73. The van der Waals surface area contributed by atoms with E-state index in [2.05, 4.69) is 20.3 Å². The summed E-state index contributed by atoms with van der Waals surface area (Å²) >= 11 is 0.542. The van der Waals surface area contributed by atoms with Gasteiger partial charge in [0.05, 0.1) is 22.2 Å². The lowest BCUT2D eigenvalue weighted by Crippen LogP contribution is -2.29. The average Bonchev–Trinajstić information content (AvgIpc) is 3.45. The van der Waals surface area contributed by atoms with Gasteiger partial charge in [-0.25, -0.2) is 14.8 Å². The number of imidazole rings is 1. The van der Waals surface area contributed by atoms with Crippen LogP contribution in [0.25, 0.3) is 21.5 Å². The fourth-order valence-electron chi connectivity index (χ4n) is 3.48. The first kappa shape index (κ1) is 19.2. The lowest BCUT2D eigenvalue weighted by atomic mass is 10.0. The van der Waals surface area contributed by atoms with Crippen molar-refractivity contribution in [3.8, 4) is 10.4 Å². The van der Waals surface area contributed by atoms with E-state index in [9.17, 15) is 22.8 Å². The second-order valence-corrected chi connectivity index (χ2v) is 7.85. The number of hydrogen-bond acceptors (Lipinski definition) is 5. The maximum atomic E-state index is 12.8. The normalized spacial score (nSPS) is 16.9. The number of fused-ring (bicyclic) bond motifs is 1. The van der Waals surface area contributed by atoms with E-state index in [1.165, 1.54) is 17.4 Å². The Bertz CT molecular complexity index is 1310. The lowest BCUT2D eigenvalue weighted by Gasteiger charge is -2.22. The molecule has 31 heavy (non-hydrogen) atoms. The monoisotopic (exact) mass is 443 g/mol. The predicted octanol–water partition coefficient (Wildman–Crippen LogP) is 4.50. The van der Waals surface area contributed by atoms with Gasteiger partial charge in [0.1, 0.15) is 6.04 Å². The Labute approximate surface area is 176 Å². The number of carbonyl (C=O) groups is 2. The summed E-state index contributed by atoms with van der Waals surface area (Å²) in [5, 5.41) is 1.39. The Morgan fingerprint density at radius 2 is 1.81 bits per heavy atom. The predicted molar refractivity (Wildman–Crippen MR) is 107 cm³/mol. The van der Waals surface area contributed by atoms with Crippen molar-refractivity contribution in [1.82, 2.24) is 20.3 Å². The van der Waals surface area contributed by atoms with Crippen molar-refractivity contribution in [2.45, 2.75) is 12.2 Å². The standard InChI is InChI=1S/C20H12F3N5O2S/c21-20(22,23)18-24-8-15(31-18)10-1-3-11(4-2-10)16-17(29)27-19(30)28(16)12-5-6-13-14(7-12)26-9-25-13/h1-9,16H,(H,25,26)(H,27,29,30). The molecule has 2 aromatic heterocycles. The van der Waals surface area contributed by atoms with E-state index >= 15 is 0 Å². The van der Waals surface area contributed by atoms with Gasteiger partial charge in [-0.05, 0) is 29.3 Å². The van der Waals surface area contributed by atoms with Gasteiger partial charge in [0.2, 0.25) is 0 Å². The third kappa shape index (κ3) is 3.32. The molecule has 0 bridgehead atoms. The molecule has 1 fully saturated rings. The number of amides is 3. The van der Waals surface area contributed by atoms with Gasteiger partial charge in [-0.2, -0.15) is 13.2 Å². The maximum absolute atomic E-state index is 12.8. The number of anilines is 1. The van der Waals surface area contributed by atoms with Gasteiger partial charge >= 0.3 is 12.2 Å². The van der Waals surface area contributed by atoms with Crippen LogP contribution in [0.1, 0.15) is 16.6 Å². The van der Waals surface area contributed by atoms with Gasteiger partial charge in [0.25, 0.3) is 5.91 Å². The Morgan fingerprint density at radius 3 is 2.52 bits per heavy atom. The summed E-state index contributed by atoms with van der Waals surface area (Å²) in [6.45, 7) is 0. The van der Waals surface area contributed by atoms with Crippen LogP contribution in [0.5, 0.6) is 0 Å². The minimum Gasteiger partial charge on any atom is -0.345 e. The first-order valence-electron chi connectivity index (χ1n) is 9.02. The van der Waals surface area contributed by atoms with Crippen LogP contribution in [-0.2, 0) is 11.0 Å². The summed E-state index contributed by atoms with van der Waals surface area (Å²) in [6, 6.07) is 10.1. The van der Waals surface area contributed by atoms with Gasteiger partial charge in [-0.15, -0.1) is 11.3 Å². The molecular formula is C20H12F3N5O2S. The highest BCUT2D eigenvalue weighted by molar-refractivity contribution is 7.15. The number of urea groups is 1. The first-order valence-corrected chi connectivity index (χ1v) is 9.83. The van der Waals surface area contributed by atoms with Crippen LogP contribution in [0.15, 0.2) is 55.0 Å². The quantitative estimate of drug-likeness (QED) is 0.456. The fraction of sp³-hybridized carbons (Fsp3) is 0.100. The summed E-state index contributed by atoms with van der Waals surface area (Å²) in [4.78, 5) is 37.2. The minimum atomic E-state index is -4.50. The zero-order chi connectivity index (χ0) is 21.8. The molecule has 3 amide bonds. The number of H-pyrrole nitrogens is 1. The molecule has 0 radical (unpaired) electrons. The number of nitrogens with zero attached hydrogens (tertiary/aromatic N) is 3. The molecule has 1 aliphatic heterocycles. The molecule has 7 nitrogen and oxygen atoms in total. The number of benzene rings is 2. The average molecular weight is 443 g/mol. The van der Waals surface area contributed by atoms with Crippen LogP contribution in [0, 0.1) is 0 Å². The number of aromatic amines is 1. The number of alkyl halides is 3. The number of rotatable bonds is 3. The smallest absolute Gasteiger partial charge is 0.345 e. The van der Waals surface area contributed by atoms with Crippen LogP contribution in [-0.4, -0.2) is 26.9 Å². The molecule has 5 rings (SSSR count). The van der Waals surface area contributed by atoms with Crippen molar-refractivity contribution in [2.75, 3.05) is 4.90 Å². The number of aromatic nitrogens is 3. The third-order valence-corrected chi connectivity index (χ3v) is 5.99. The number of hydrogen-bond donors (Lipinski definition) is 2. The molecule has 1 aliphatic rings. The Morgan fingerprint density at radius 1 is 1.03 bits per heavy atom. The second-order valence-electron chi connectivity index (χ2n) is 6.82. The van der Waals surface area contributed by atoms with Crippen molar-refractivity contribution < 1.29 is 22.8 Å². The second kappa shape index (κ2) is 6.91. The molecule has 11 heteroatoms. The van der Waals surface area contributed by atoms with Crippen LogP contribution >= 0.6 is 11.3 Å². The van der Waals surface area contributed by atoms with Crippen molar-refractivity contribution in [3.63, 3.8) is 0 Å². The highest BCUT2D eigenvalue weighted by Gasteiger charge is 2.40. The zero-order valence-corrected chi connectivity index (χ0v) is 16.3. The molecule has 1 atom stereocenters. The summed E-state index contributed by atoms with van der Waals surface area (Å²) in [5.74, 6) is -0.486. The Kier molecular flexibility index (Phi) is 4.29. The highest BCUT2D eigenvalue weighted by atomic mass is 32.1. The molecule has 1 unspecified atom stereocenters. The van der Waals surface area contributed by atoms with E-state index in [1.54, 1.807) is 42.5 Å². The molecule has 0 aliphatic carbocycles. The van der Waals surface area contributed by atoms with E-state index < -0.39 is 29.2 Å². The van der Waals surface area contributed by atoms with Crippen LogP contribution in [0.2, 0.25) is 0 Å². The summed E-state index contributed by atoms with van der Waals surface area (Å²) < 4.78 is 38.4. The first-order chi connectivity index (χ1) is 14.8. The van der Waals surface area contributed by atoms with E-state index in [-0.39, 0.29) is 0 Å². The Balaban J connectivity index is 1.48. The molecule has 2 aromatic carbocycles. The van der Waals surface area contributed by atoms with Gasteiger partial charge in [0, 0.05) is 11.9 Å². The van der Waals surface area contributed by atoms with Crippen molar-refractivity contribution in [1.29, 1.82) is 0 Å². The van der Waals surface area contributed by atoms with E-state index in [0.717, 1.165) is 5.52 Å². The van der Waals surface area contributed by atoms with Gasteiger partial charge < -0.3 is 4.98 Å². The maximum Gasteiger partial charge on any atom is 0.443 e. The fourth-order valence-corrected chi connectivity index (χ4v) is 4.27. The summed E-state index contributed by atoms with van der Waals surface area (Å²) in [5.41, 5.74) is 3.00. The molecule has 156 valence electrons. The molecule has 3 heterocycles. The van der Waals surface area contributed by atoms with Gasteiger partial charge in [-0.1, -0.05) is 24.3 Å². The molecule has 4 aromatic rings. The van der Waals surface area contributed by atoms with E-state index in [0.29, 0.717) is 38.5 Å². The summed E-state index contributed by atoms with van der Waals surface area (Å²) in [6.07, 6.45) is -1.80. The van der Waals surface area contributed by atoms with E-state index in [4.69, 9.17) is 0 Å². The lowest BCUT2D eigenvalue weighted by molar-refractivity contribution is -0.137. The topological polar surface area (TPSA) is 91.0 Å². The molecular weight excluding hydrogens is 431 g/mol. The number of halogens is 3. The van der Waals surface area contributed by atoms with Crippen LogP contribution in [0.3, 0.4) is 0 Å². The minimum absolute atomic E-state index is 0.354. The number of carbonyl (C=O) groups excluding carboxylic acids is 2. The molecule has 2 N–H and O–H groups in total. The van der Waals surface area contributed by atoms with Crippen molar-refractivity contribution in [2.24, 2.45) is 0 Å². The zero-order valence-electron chi connectivity index (χ0n) is 15.5. The highest BCUT2D eigenvalue weighted by Crippen LogP contribution is 2.37. The van der Waals surface area contributed by atoms with Crippen LogP contribution in [0.4, 0.5) is 23.7 Å². The molecule has 0 saturated carbocycles. The van der Waals surface area contributed by atoms with E-state index in [1.807, 2.05) is 0 Å². The van der Waals surface area contributed by atoms with Crippen molar-refractivity contribution in [3.05, 3.63) is 65.6 Å². The third-order valence-electron chi connectivity index (χ3n) is 4.90. The molecule has 1 saturated heterocycles. The van der Waals surface area contributed by atoms with Gasteiger partial charge in [-0.3, -0.25) is 15.0 Å². The van der Waals surface area contributed by atoms with Crippen LogP contribution < -0.4 is 10.2 Å².